The van der Waals surface area contributed by atoms with Gasteiger partial charge in [0, 0.05) is 6.54 Å². The SMILES string of the molecule is O=C(NCc1ccc2c(c1)OCO2)C12C[C@@H]3C[C@@H](CC(O)(C3)C1)C2. The van der Waals surface area contributed by atoms with Gasteiger partial charge >= 0.3 is 0 Å². The van der Waals surface area contributed by atoms with E-state index < -0.39 is 5.60 Å². The summed E-state index contributed by atoms with van der Waals surface area (Å²) in [7, 11) is 0. The van der Waals surface area contributed by atoms with Crippen LogP contribution in [0.25, 0.3) is 0 Å². The Hall–Kier alpha value is -1.75. The van der Waals surface area contributed by atoms with Crippen LogP contribution in [0.5, 0.6) is 11.5 Å². The van der Waals surface area contributed by atoms with E-state index in [4.69, 9.17) is 9.47 Å². The van der Waals surface area contributed by atoms with Crippen molar-refractivity contribution in [1.82, 2.24) is 5.32 Å². The van der Waals surface area contributed by atoms with Crippen LogP contribution in [0.2, 0.25) is 0 Å². The predicted octanol–water partition coefficient (Wildman–Crippen LogP) is 2.36. The molecule has 4 bridgehead atoms. The molecule has 4 saturated carbocycles. The summed E-state index contributed by atoms with van der Waals surface area (Å²) >= 11 is 0. The average molecular weight is 329 g/mol. The highest BCUT2D eigenvalue weighted by Crippen LogP contribution is 2.61. The highest BCUT2D eigenvalue weighted by molar-refractivity contribution is 5.83. The van der Waals surface area contributed by atoms with E-state index in [0.717, 1.165) is 42.7 Å². The van der Waals surface area contributed by atoms with E-state index in [-0.39, 0.29) is 18.1 Å². The summed E-state index contributed by atoms with van der Waals surface area (Å²) in [6.07, 6.45) is 5.50. The minimum absolute atomic E-state index is 0.118. The number of carbonyl (C=O) groups excluding carboxylic acids is 1. The molecule has 1 heterocycles. The summed E-state index contributed by atoms with van der Waals surface area (Å²) in [6, 6.07) is 5.77. The molecule has 1 amide bonds. The monoisotopic (exact) mass is 329 g/mol. The quantitative estimate of drug-likeness (QED) is 0.893. The number of amides is 1. The van der Waals surface area contributed by atoms with E-state index >= 15 is 0 Å². The second kappa shape index (κ2) is 4.88. The first-order valence-electron chi connectivity index (χ1n) is 8.93. The van der Waals surface area contributed by atoms with Crippen molar-refractivity contribution in [3.8, 4) is 11.5 Å². The lowest BCUT2D eigenvalue weighted by Crippen LogP contribution is -2.60. The van der Waals surface area contributed by atoms with E-state index in [9.17, 15) is 9.90 Å². The molecule has 1 aromatic carbocycles. The van der Waals surface area contributed by atoms with Gasteiger partial charge < -0.3 is 19.9 Å². The van der Waals surface area contributed by atoms with E-state index in [1.54, 1.807) is 0 Å². The van der Waals surface area contributed by atoms with Gasteiger partial charge in [-0.3, -0.25) is 4.79 Å². The van der Waals surface area contributed by atoms with Crippen LogP contribution in [0.4, 0.5) is 0 Å². The van der Waals surface area contributed by atoms with Gasteiger partial charge in [-0.2, -0.15) is 0 Å². The Kier molecular flexibility index (Phi) is 2.97. The number of hydrogen-bond donors (Lipinski definition) is 2. The molecule has 128 valence electrons. The molecule has 2 N–H and O–H groups in total. The van der Waals surface area contributed by atoms with Crippen molar-refractivity contribution in [3.05, 3.63) is 23.8 Å². The largest absolute Gasteiger partial charge is 0.454 e. The van der Waals surface area contributed by atoms with Crippen LogP contribution in [0, 0.1) is 17.3 Å². The first kappa shape index (κ1) is 14.6. The molecule has 4 aliphatic carbocycles. The Morgan fingerprint density at radius 1 is 1.17 bits per heavy atom. The number of carbonyl (C=O) groups is 1. The highest BCUT2D eigenvalue weighted by atomic mass is 16.7. The van der Waals surface area contributed by atoms with Gasteiger partial charge in [0.05, 0.1) is 11.0 Å². The normalized spacial score (nSPS) is 38.4. The molecule has 0 saturated heterocycles. The summed E-state index contributed by atoms with van der Waals surface area (Å²) in [5, 5.41) is 13.9. The van der Waals surface area contributed by atoms with Crippen molar-refractivity contribution in [2.75, 3.05) is 6.79 Å². The van der Waals surface area contributed by atoms with Gasteiger partial charge in [-0.15, -0.1) is 0 Å². The first-order valence-corrected chi connectivity index (χ1v) is 8.93. The molecule has 6 rings (SSSR count). The summed E-state index contributed by atoms with van der Waals surface area (Å²) in [6.45, 7) is 0.751. The van der Waals surface area contributed by atoms with Gasteiger partial charge in [-0.05, 0) is 68.1 Å². The lowest BCUT2D eigenvalue weighted by atomic mass is 9.47. The number of nitrogens with one attached hydrogen (secondary N) is 1. The first-order chi connectivity index (χ1) is 11.5. The molecule has 0 radical (unpaired) electrons. The number of fused-ring (bicyclic) bond motifs is 1. The molecule has 5 aliphatic rings. The standard InChI is InChI=1S/C19H23NO4/c21-17(20-9-12-1-2-15-16(4-12)24-11-23-15)18-5-13-3-14(6-18)8-19(22,7-13)10-18/h1-2,4,13-14,22H,3,5-11H2,(H,20,21)/t13-,14+,18?,19?. The molecule has 1 aromatic rings. The van der Waals surface area contributed by atoms with E-state index in [0.29, 0.717) is 24.8 Å². The third kappa shape index (κ3) is 2.21. The van der Waals surface area contributed by atoms with Crippen LogP contribution in [0.1, 0.15) is 44.1 Å². The van der Waals surface area contributed by atoms with Gasteiger partial charge in [0.15, 0.2) is 11.5 Å². The molecular formula is C19H23NO4. The van der Waals surface area contributed by atoms with Gasteiger partial charge in [0.2, 0.25) is 12.7 Å². The number of ether oxygens (including phenoxy) is 2. The number of hydrogen-bond acceptors (Lipinski definition) is 4. The molecule has 5 heteroatoms. The molecule has 0 aromatic heterocycles. The fraction of sp³-hybridized carbons (Fsp3) is 0.632. The second-order valence-corrected chi connectivity index (χ2v) is 8.34. The van der Waals surface area contributed by atoms with Crippen molar-refractivity contribution >= 4 is 5.91 Å². The summed E-state index contributed by atoms with van der Waals surface area (Å²) in [5.41, 5.74) is 0.0612. The Balaban J connectivity index is 1.30. The van der Waals surface area contributed by atoms with Gasteiger partial charge in [-0.1, -0.05) is 6.07 Å². The maximum absolute atomic E-state index is 13.0. The number of benzene rings is 1. The maximum Gasteiger partial charge on any atom is 0.231 e. The molecule has 4 atom stereocenters. The second-order valence-electron chi connectivity index (χ2n) is 8.34. The molecule has 0 spiro atoms. The van der Waals surface area contributed by atoms with Gasteiger partial charge in [-0.25, -0.2) is 0 Å². The highest BCUT2D eigenvalue weighted by Gasteiger charge is 2.60. The van der Waals surface area contributed by atoms with Crippen LogP contribution >= 0.6 is 0 Å². The van der Waals surface area contributed by atoms with Crippen LogP contribution in [0.3, 0.4) is 0 Å². The van der Waals surface area contributed by atoms with Crippen LogP contribution in [0.15, 0.2) is 18.2 Å². The van der Waals surface area contributed by atoms with Crippen molar-refractivity contribution < 1.29 is 19.4 Å². The van der Waals surface area contributed by atoms with Crippen molar-refractivity contribution in [2.24, 2.45) is 17.3 Å². The summed E-state index contributed by atoms with van der Waals surface area (Å²) in [5.74, 6) is 2.66. The smallest absolute Gasteiger partial charge is 0.231 e. The zero-order valence-electron chi connectivity index (χ0n) is 13.7. The lowest BCUT2D eigenvalue weighted by Gasteiger charge is -2.59. The van der Waals surface area contributed by atoms with E-state index in [1.165, 1.54) is 6.42 Å². The predicted molar refractivity (Wildman–Crippen MR) is 86.5 cm³/mol. The van der Waals surface area contributed by atoms with Gasteiger partial charge in [0.1, 0.15) is 0 Å². The molecule has 1 aliphatic heterocycles. The van der Waals surface area contributed by atoms with Crippen molar-refractivity contribution in [1.29, 1.82) is 0 Å². The van der Waals surface area contributed by atoms with Gasteiger partial charge in [0.25, 0.3) is 0 Å². The van der Waals surface area contributed by atoms with E-state index in [1.807, 2.05) is 18.2 Å². The van der Waals surface area contributed by atoms with Crippen molar-refractivity contribution in [2.45, 2.75) is 50.7 Å². The molecule has 4 fully saturated rings. The molecule has 2 unspecified atom stereocenters. The Bertz CT molecular complexity index is 687. The Morgan fingerprint density at radius 2 is 1.92 bits per heavy atom. The average Bonchev–Trinajstić information content (AvgIpc) is 2.97. The summed E-state index contributed by atoms with van der Waals surface area (Å²) in [4.78, 5) is 13.0. The fourth-order valence-electron chi connectivity index (χ4n) is 5.90. The summed E-state index contributed by atoms with van der Waals surface area (Å²) < 4.78 is 10.7. The topological polar surface area (TPSA) is 67.8 Å². The zero-order chi connectivity index (χ0) is 16.4. The molecule has 5 nitrogen and oxygen atoms in total. The minimum atomic E-state index is -0.597. The van der Waals surface area contributed by atoms with Crippen LogP contribution in [-0.2, 0) is 11.3 Å². The molecular weight excluding hydrogens is 306 g/mol. The number of aliphatic hydroxyl groups is 1. The lowest BCUT2D eigenvalue weighted by molar-refractivity contribution is -0.178. The van der Waals surface area contributed by atoms with Crippen LogP contribution in [-0.4, -0.2) is 23.4 Å². The van der Waals surface area contributed by atoms with E-state index in [2.05, 4.69) is 5.32 Å². The third-order valence-corrected chi connectivity index (χ3v) is 6.40. The molecule has 24 heavy (non-hydrogen) atoms. The van der Waals surface area contributed by atoms with Crippen molar-refractivity contribution in [3.63, 3.8) is 0 Å². The zero-order valence-corrected chi connectivity index (χ0v) is 13.7. The van der Waals surface area contributed by atoms with Crippen LogP contribution < -0.4 is 14.8 Å². The Labute approximate surface area is 141 Å². The third-order valence-electron chi connectivity index (χ3n) is 6.40. The maximum atomic E-state index is 13.0. The number of rotatable bonds is 3. The minimum Gasteiger partial charge on any atom is -0.454 e. The Morgan fingerprint density at radius 3 is 2.67 bits per heavy atom. The fourth-order valence-corrected chi connectivity index (χ4v) is 5.90.